The van der Waals surface area contributed by atoms with Crippen molar-refractivity contribution in [3.8, 4) is 11.3 Å². The molecule has 1 aromatic heterocycles. The van der Waals surface area contributed by atoms with Gasteiger partial charge in [-0.1, -0.05) is 6.07 Å². The monoisotopic (exact) mass is 478 g/mol. The second-order valence-electron chi connectivity index (χ2n) is 7.77. The molecule has 1 heterocycles. The van der Waals surface area contributed by atoms with Crippen LogP contribution in [0, 0.1) is 11.6 Å². The van der Waals surface area contributed by atoms with Crippen LogP contribution < -0.4 is 0 Å². The smallest absolute Gasteiger partial charge is 0.417 e. The lowest BCUT2D eigenvalue weighted by atomic mass is 9.93. The van der Waals surface area contributed by atoms with E-state index in [0.29, 0.717) is 43.0 Å². The lowest BCUT2D eigenvalue weighted by Crippen LogP contribution is -2.23. The molecular formula is C24H19F5N2O3. The topological polar surface area (TPSA) is 61.2 Å². The van der Waals surface area contributed by atoms with Crippen molar-refractivity contribution in [3.05, 3.63) is 76.0 Å². The highest BCUT2D eigenvalue weighted by molar-refractivity contribution is 5.98. The molecule has 0 radical (unpaired) electrons. The van der Waals surface area contributed by atoms with Crippen molar-refractivity contribution in [2.24, 2.45) is 0 Å². The van der Waals surface area contributed by atoms with Gasteiger partial charge in [0.2, 0.25) is 0 Å². The predicted octanol–water partition coefficient (Wildman–Crippen LogP) is 5.59. The molecule has 0 unspecified atom stereocenters. The van der Waals surface area contributed by atoms with E-state index in [2.05, 4.69) is 5.10 Å². The normalized spacial score (nSPS) is 13.5. The summed E-state index contributed by atoms with van der Waals surface area (Å²) < 4.78 is 75.5. The molecule has 0 fully saturated rings. The van der Waals surface area contributed by atoms with Gasteiger partial charge in [0.25, 0.3) is 5.91 Å². The number of benzene rings is 2. The third-order valence-electron chi connectivity index (χ3n) is 5.64. The maximum Gasteiger partial charge on any atom is 0.417 e. The maximum absolute atomic E-state index is 15.0. The maximum atomic E-state index is 15.0. The summed E-state index contributed by atoms with van der Waals surface area (Å²) in [4.78, 5) is 25.0. The van der Waals surface area contributed by atoms with Crippen LogP contribution >= 0.6 is 0 Å². The number of ether oxygens (including phenoxy) is 1. The molecule has 0 saturated heterocycles. The van der Waals surface area contributed by atoms with Crippen LogP contribution in [-0.2, 0) is 23.8 Å². The molecule has 0 atom stereocenters. The molecule has 4 rings (SSSR count). The van der Waals surface area contributed by atoms with E-state index in [0.717, 1.165) is 22.9 Å². The SMILES string of the molecule is CCOC(=O)c1ccc(-c2nn(C(=O)c3c(F)cccc3C(F)(F)F)c3c2CCCC3)c(F)c1. The summed E-state index contributed by atoms with van der Waals surface area (Å²) in [6.45, 7) is 1.72. The Kier molecular flexibility index (Phi) is 6.24. The van der Waals surface area contributed by atoms with Crippen molar-refractivity contribution < 1.29 is 36.3 Å². The van der Waals surface area contributed by atoms with Crippen LogP contribution in [0.5, 0.6) is 0 Å². The van der Waals surface area contributed by atoms with Gasteiger partial charge in [-0.25, -0.2) is 13.6 Å². The summed E-state index contributed by atoms with van der Waals surface area (Å²) in [5.41, 5.74) is -1.71. The van der Waals surface area contributed by atoms with E-state index >= 15 is 0 Å². The minimum atomic E-state index is -4.96. The summed E-state index contributed by atoms with van der Waals surface area (Å²) in [5, 5.41) is 4.15. The Balaban J connectivity index is 1.84. The fraction of sp³-hybridized carbons (Fsp3) is 0.292. The van der Waals surface area contributed by atoms with Crippen molar-refractivity contribution in [2.45, 2.75) is 38.8 Å². The highest BCUT2D eigenvalue weighted by Crippen LogP contribution is 2.36. The quantitative estimate of drug-likeness (QED) is 0.362. The van der Waals surface area contributed by atoms with Gasteiger partial charge >= 0.3 is 12.1 Å². The Hall–Kier alpha value is -3.56. The van der Waals surface area contributed by atoms with Crippen LogP contribution in [0.4, 0.5) is 22.0 Å². The first-order valence-corrected chi connectivity index (χ1v) is 10.6. The minimum Gasteiger partial charge on any atom is -0.462 e. The third kappa shape index (κ3) is 4.20. The molecule has 3 aromatic rings. The highest BCUT2D eigenvalue weighted by Gasteiger charge is 2.38. The average molecular weight is 478 g/mol. The first-order chi connectivity index (χ1) is 16.1. The summed E-state index contributed by atoms with van der Waals surface area (Å²) in [6, 6.07) is 5.89. The molecule has 0 aliphatic heterocycles. The van der Waals surface area contributed by atoms with Crippen LogP contribution in [0.15, 0.2) is 36.4 Å². The number of nitrogens with zero attached hydrogens (tertiary/aromatic N) is 2. The molecular weight excluding hydrogens is 459 g/mol. The van der Waals surface area contributed by atoms with Crippen molar-refractivity contribution in [3.63, 3.8) is 0 Å². The zero-order chi connectivity index (χ0) is 24.6. The molecule has 1 aliphatic rings. The first-order valence-electron chi connectivity index (χ1n) is 10.6. The summed E-state index contributed by atoms with van der Waals surface area (Å²) in [6.07, 6.45) is -2.89. The van der Waals surface area contributed by atoms with Crippen molar-refractivity contribution in [2.75, 3.05) is 6.61 Å². The number of rotatable bonds is 4. The van der Waals surface area contributed by atoms with E-state index in [1.165, 1.54) is 12.1 Å². The van der Waals surface area contributed by atoms with E-state index in [4.69, 9.17) is 4.74 Å². The summed E-state index contributed by atoms with van der Waals surface area (Å²) in [7, 11) is 0. The molecule has 0 spiro atoms. The molecule has 2 aromatic carbocycles. The number of fused-ring (bicyclic) bond motifs is 1. The number of carbonyl (C=O) groups is 2. The van der Waals surface area contributed by atoms with Gasteiger partial charge in [0, 0.05) is 11.1 Å². The fourth-order valence-electron chi connectivity index (χ4n) is 4.12. The van der Waals surface area contributed by atoms with Crippen molar-refractivity contribution in [1.29, 1.82) is 0 Å². The number of aromatic nitrogens is 2. The minimum absolute atomic E-state index is 0.0198. The third-order valence-corrected chi connectivity index (χ3v) is 5.64. The Morgan fingerprint density at radius 3 is 2.47 bits per heavy atom. The molecule has 1 aliphatic carbocycles. The van der Waals surface area contributed by atoms with E-state index < -0.39 is 40.8 Å². The van der Waals surface area contributed by atoms with Gasteiger partial charge in [-0.2, -0.15) is 23.0 Å². The zero-order valence-electron chi connectivity index (χ0n) is 18.0. The fourth-order valence-corrected chi connectivity index (χ4v) is 4.12. The lowest BCUT2D eigenvalue weighted by molar-refractivity contribution is -0.138. The van der Waals surface area contributed by atoms with Crippen LogP contribution in [0.3, 0.4) is 0 Å². The van der Waals surface area contributed by atoms with Crippen LogP contribution in [-0.4, -0.2) is 28.3 Å². The Morgan fingerprint density at radius 1 is 1.06 bits per heavy atom. The average Bonchev–Trinajstić information content (AvgIpc) is 3.17. The van der Waals surface area contributed by atoms with Gasteiger partial charge < -0.3 is 4.74 Å². The second-order valence-corrected chi connectivity index (χ2v) is 7.77. The standard InChI is InChI=1S/C24H19F5N2O3/c1-2-34-23(33)13-10-11-14(18(26)12-13)21-15-6-3-4-9-19(15)31(30-21)22(32)20-16(24(27,28)29)7-5-8-17(20)25/h5,7-8,10-12H,2-4,6,9H2,1H3. The van der Waals surface area contributed by atoms with E-state index in [9.17, 15) is 31.5 Å². The zero-order valence-corrected chi connectivity index (χ0v) is 18.0. The molecule has 34 heavy (non-hydrogen) atoms. The van der Waals surface area contributed by atoms with E-state index in [-0.39, 0.29) is 23.4 Å². The number of carbonyl (C=O) groups excluding carboxylic acids is 2. The lowest BCUT2D eigenvalue weighted by Gasteiger charge is -2.16. The Bertz CT molecular complexity index is 1280. The Labute approximate surface area is 191 Å². The van der Waals surface area contributed by atoms with Gasteiger partial charge in [-0.3, -0.25) is 4.79 Å². The number of alkyl halides is 3. The van der Waals surface area contributed by atoms with Crippen molar-refractivity contribution >= 4 is 11.9 Å². The van der Waals surface area contributed by atoms with Gasteiger partial charge in [0.05, 0.1) is 34.7 Å². The van der Waals surface area contributed by atoms with Crippen molar-refractivity contribution in [1.82, 2.24) is 9.78 Å². The summed E-state index contributed by atoms with van der Waals surface area (Å²) >= 11 is 0. The van der Waals surface area contributed by atoms with Crippen LogP contribution in [0.25, 0.3) is 11.3 Å². The number of esters is 1. The highest BCUT2D eigenvalue weighted by atomic mass is 19.4. The second kappa shape index (κ2) is 9.00. The Morgan fingerprint density at radius 2 is 1.79 bits per heavy atom. The first kappa shape index (κ1) is 23.6. The molecule has 10 heteroatoms. The van der Waals surface area contributed by atoms with Gasteiger partial charge in [0.1, 0.15) is 11.6 Å². The molecule has 178 valence electrons. The number of halogens is 5. The van der Waals surface area contributed by atoms with Crippen LogP contribution in [0.1, 0.15) is 57.3 Å². The molecule has 5 nitrogen and oxygen atoms in total. The van der Waals surface area contributed by atoms with Gasteiger partial charge in [0.15, 0.2) is 0 Å². The largest absolute Gasteiger partial charge is 0.462 e. The van der Waals surface area contributed by atoms with Gasteiger partial charge in [-0.15, -0.1) is 0 Å². The predicted molar refractivity (Wildman–Crippen MR) is 111 cm³/mol. The van der Waals surface area contributed by atoms with E-state index in [1.807, 2.05) is 0 Å². The molecule has 0 saturated carbocycles. The number of hydrogen-bond acceptors (Lipinski definition) is 4. The van der Waals surface area contributed by atoms with Gasteiger partial charge in [-0.05, 0) is 62.9 Å². The summed E-state index contributed by atoms with van der Waals surface area (Å²) in [5.74, 6) is -4.13. The molecule has 0 bridgehead atoms. The van der Waals surface area contributed by atoms with Crippen LogP contribution in [0.2, 0.25) is 0 Å². The number of hydrogen-bond donors (Lipinski definition) is 0. The molecule has 0 N–H and O–H groups in total. The molecule has 0 amide bonds. The van der Waals surface area contributed by atoms with E-state index in [1.54, 1.807) is 6.92 Å².